The molecule has 0 aliphatic carbocycles. The lowest BCUT2D eigenvalue weighted by atomic mass is 10.1. The van der Waals surface area contributed by atoms with Gasteiger partial charge < -0.3 is 0 Å². The molecule has 3 nitrogen and oxygen atoms in total. The lowest BCUT2D eigenvalue weighted by Crippen LogP contribution is -2.48. The van der Waals surface area contributed by atoms with Gasteiger partial charge in [-0.2, -0.15) is 0 Å². The maximum Gasteiger partial charge on any atom is 0.0602 e. The molecule has 1 atom stereocenters. The van der Waals surface area contributed by atoms with E-state index in [1.807, 2.05) is 24.5 Å². The minimum absolute atomic E-state index is 0.488. The molecule has 1 saturated heterocycles. The molecule has 1 aromatic heterocycles. The van der Waals surface area contributed by atoms with Gasteiger partial charge in [-0.05, 0) is 37.4 Å². The standard InChI is InChI=1S/C14H21N3/c1-2-9-17-10-4-3-7-14(17)16-12-13-6-5-8-15-11-13/h2,5-6,8,11,14,16H,1,3-4,7,9-10,12H2. The Balaban J connectivity index is 1.86. The lowest BCUT2D eigenvalue weighted by molar-refractivity contribution is 0.134. The van der Waals surface area contributed by atoms with Crippen LogP contribution in [0.15, 0.2) is 37.2 Å². The Kier molecular flexibility index (Phi) is 4.71. The minimum atomic E-state index is 0.488. The molecule has 1 N–H and O–H groups in total. The summed E-state index contributed by atoms with van der Waals surface area (Å²) in [6.07, 6.45) is 10.1. The van der Waals surface area contributed by atoms with Gasteiger partial charge in [0.1, 0.15) is 0 Å². The van der Waals surface area contributed by atoms with Crippen LogP contribution in [0.5, 0.6) is 0 Å². The molecular formula is C14H21N3. The van der Waals surface area contributed by atoms with Gasteiger partial charge in [0.25, 0.3) is 0 Å². The van der Waals surface area contributed by atoms with Crippen molar-refractivity contribution in [3.63, 3.8) is 0 Å². The van der Waals surface area contributed by atoms with E-state index in [1.54, 1.807) is 0 Å². The number of piperidine rings is 1. The lowest BCUT2D eigenvalue weighted by Gasteiger charge is -2.35. The van der Waals surface area contributed by atoms with Crippen LogP contribution in [0, 0.1) is 0 Å². The fourth-order valence-electron chi connectivity index (χ4n) is 2.34. The van der Waals surface area contributed by atoms with E-state index in [2.05, 4.69) is 27.8 Å². The van der Waals surface area contributed by atoms with Crippen molar-refractivity contribution in [3.8, 4) is 0 Å². The largest absolute Gasteiger partial charge is 0.298 e. The third-order valence-electron chi connectivity index (χ3n) is 3.24. The zero-order chi connectivity index (χ0) is 11.9. The van der Waals surface area contributed by atoms with Crippen molar-refractivity contribution >= 4 is 0 Å². The maximum absolute atomic E-state index is 4.13. The van der Waals surface area contributed by atoms with Crippen molar-refractivity contribution in [2.24, 2.45) is 0 Å². The Morgan fingerprint density at radius 3 is 3.24 bits per heavy atom. The van der Waals surface area contributed by atoms with Crippen molar-refractivity contribution in [2.45, 2.75) is 32.0 Å². The van der Waals surface area contributed by atoms with Gasteiger partial charge in [-0.15, -0.1) is 6.58 Å². The monoisotopic (exact) mass is 231 g/mol. The molecule has 3 heteroatoms. The van der Waals surface area contributed by atoms with Gasteiger partial charge in [-0.25, -0.2) is 0 Å². The van der Waals surface area contributed by atoms with E-state index >= 15 is 0 Å². The minimum Gasteiger partial charge on any atom is -0.298 e. The third kappa shape index (κ3) is 3.65. The van der Waals surface area contributed by atoms with Crippen LogP contribution in [-0.2, 0) is 6.54 Å². The number of aromatic nitrogens is 1. The fourth-order valence-corrected chi connectivity index (χ4v) is 2.34. The SMILES string of the molecule is C=CCN1CCCCC1NCc1cccnc1. The van der Waals surface area contributed by atoms with E-state index in [4.69, 9.17) is 0 Å². The van der Waals surface area contributed by atoms with Gasteiger partial charge in [-0.3, -0.25) is 15.2 Å². The second-order valence-corrected chi connectivity index (χ2v) is 4.54. The Bertz CT molecular complexity index is 337. The normalized spacial score (nSPS) is 21.3. The first kappa shape index (κ1) is 12.3. The van der Waals surface area contributed by atoms with Crippen LogP contribution in [0.25, 0.3) is 0 Å². The van der Waals surface area contributed by atoms with Crippen LogP contribution in [-0.4, -0.2) is 29.1 Å². The molecule has 0 saturated carbocycles. The first-order chi connectivity index (χ1) is 8.40. The first-order valence-corrected chi connectivity index (χ1v) is 6.37. The highest BCUT2D eigenvalue weighted by Gasteiger charge is 2.20. The van der Waals surface area contributed by atoms with E-state index in [1.165, 1.54) is 31.4 Å². The third-order valence-corrected chi connectivity index (χ3v) is 3.24. The number of hydrogen-bond acceptors (Lipinski definition) is 3. The molecule has 1 fully saturated rings. The van der Waals surface area contributed by atoms with Crippen molar-refractivity contribution in [3.05, 3.63) is 42.7 Å². The van der Waals surface area contributed by atoms with Gasteiger partial charge in [0.2, 0.25) is 0 Å². The summed E-state index contributed by atoms with van der Waals surface area (Å²) in [5.41, 5.74) is 1.25. The summed E-state index contributed by atoms with van der Waals surface area (Å²) in [5, 5.41) is 3.61. The van der Waals surface area contributed by atoms with Crippen LogP contribution in [0.3, 0.4) is 0 Å². The van der Waals surface area contributed by atoms with Gasteiger partial charge in [0.15, 0.2) is 0 Å². The van der Waals surface area contributed by atoms with Crippen LogP contribution in [0.2, 0.25) is 0 Å². The van der Waals surface area contributed by atoms with Crippen molar-refractivity contribution in [1.82, 2.24) is 15.2 Å². The van der Waals surface area contributed by atoms with Crippen LogP contribution in [0.1, 0.15) is 24.8 Å². The molecule has 92 valence electrons. The highest BCUT2D eigenvalue weighted by Crippen LogP contribution is 2.15. The predicted octanol–water partition coefficient (Wildman–Crippen LogP) is 2.17. The zero-order valence-electron chi connectivity index (χ0n) is 10.3. The van der Waals surface area contributed by atoms with Crippen LogP contribution in [0.4, 0.5) is 0 Å². The summed E-state index contributed by atoms with van der Waals surface area (Å²) in [7, 11) is 0. The predicted molar refractivity (Wildman–Crippen MR) is 70.5 cm³/mol. The van der Waals surface area contributed by atoms with Crippen molar-refractivity contribution in [2.75, 3.05) is 13.1 Å². The maximum atomic E-state index is 4.13. The highest BCUT2D eigenvalue weighted by atomic mass is 15.3. The smallest absolute Gasteiger partial charge is 0.0602 e. The average Bonchev–Trinajstić information content (AvgIpc) is 2.39. The molecular weight excluding hydrogens is 210 g/mol. The molecule has 0 amide bonds. The van der Waals surface area contributed by atoms with Crippen molar-refractivity contribution in [1.29, 1.82) is 0 Å². The molecule has 17 heavy (non-hydrogen) atoms. The fraction of sp³-hybridized carbons (Fsp3) is 0.500. The molecule has 2 heterocycles. The topological polar surface area (TPSA) is 28.2 Å². The number of likely N-dealkylation sites (tertiary alicyclic amines) is 1. The molecule has 0 radical (unpaired) electrons. The van der Waals surface area contributed by atoms with Crippen LogP contribution < -0.4 is 5.32 Å². The Morgan fingerprint density at radius 1 is 1.53 bits per heavy atom. The number of nitrogens with zero attached hydrogens (tertiary/aromatic N) is 2. The molecule has 1 aliphatic heterocycles. The van der Waals surface area contributed by atoms with E-state index in [9.17, 15) is 0 Å². The molecule has 1 aromatic rings. The number of rotatable bonds is 5. The van der Waals surface area contributed by atoms with Crippen molar-refractivity contribution < 1.29 is 0 Å². The summed E-state index contributed by atoms with van der Waals surface area (Å²) < 4.78 is 0. The van der Waals surface area contributed by atoms with E-state index in [0.29, 0.717) is 6.17 Å². The second kappa shape index (κ2) is 6.52. The number of nitrogens with one attached hydrogen (secondary N) is 1. The first-order valence-electron chi connectivity index (χ1n) is 6.37. The number of hydrogen-bond donors (Lipinski definition) is 1. The molecule has 1 unspecified atom stereocenters. The zero-order valence-corrected chi connectivity index (χ0v) is 10.3. The van der Waals surface area contributed by atoms with Gasteiger partial charge in [0, 0.05) is 25.5 Å². The molecule has 0 bridgehead atoms. The Morgan fingerprint density at radius 2 is 2.47 bits per heavy atom. The summed E-state index contributed by atoms with van der Waals surface area (Å²) in [4.78, 5) is 6.60. The van der Waals surface area contributed by atoms with E-state index in [-0.39, 0.29) is 0 Å². The molecule has 2 rings (SSSR count). The second-order valence-electron chi connectivity index (χ2n) is 4.54. The Labute approximate surface area is 104 Å². The summed E-state index contributed by atoms with van der Waals surface area (Å²) in [6, 6.07) is 4.10. The molecule has 0 spiro atoms. The van der Waals surface area contributed by atoms with Gasteiger partial charge in [-0.1, -0.05) is 12.1 Å². The van der Waals surface area contributed by atoms with Gasteiger partial charge in [0.05, 0.1) is 6.17 Å². The van der Waals surface area contributed by atoms with E-state index in [0.717, 1.165) is 13.1 Å². The molecule has 1 aliphatic rings. The quantitative estimate of drug-likeness (QED) is 0.787. The van der Waals surface area contributed by atoms with Crippen LogP contribution >= 0.6 is 0 Å². The number of pyridine rings is 1. The van der Waals surface area contributed by atoms with Gasteiger partial charge >= 0.3 is 0 Å². The van der Waals surface area contributed by atoms with E-state index < -0.39 is 0 Å². The Hall–Kier alpha value is -1.19. The summed E-state index contributed by atoms with van der Waals surface area (Å²) >= 11 is 0. The summed E-state index contributed by atoms with van der Waals surface area (Å²) in [5.74, 6) is 0. The highest BCUT2D eigenvalue weighted by molar-refractivity contribution is 5.08. The summed E-state index contributed by atoms with van der Waals surface area (Å²) in [6.45, 7) is 6.88. The average molecular weight is 231 g/mol. The molecule has 0 aromatic carbocycles.